The van der Waals surface area contributed by atoms with Crippen molar-refractivity contribution in [2.24, 2.45) is 0 Å². The topological polar surface area (TPSA) is 36.7 Å². The Morgan fingerprint density at radius 3 is 2.87 bits per heavy atom. The van der Waals surface area contributed by atoms with Gasteiger partial charge in [-0.25, -0.2) is 4.98 Å². The lowest BCUT2D eigenvalue weighted by molar-refractivity contribution is 0.926. The van der Waals surface area contributed by atoms with Gasteiger partial charge in [0.1, 0.15) is 11.8 Å². The highest BCUT2D eigenvalue weighted by Gasteiger charge is 2.02. The Kier molecular flexibility index (Phi) is 2.64. The van der Waals surface area contributed by atoms with Gasteiger partial charge in [-0.05, 0) is 24.1 Å². The zero-order valence-electron chi connectivity index (χ0n) is 8.70. The van der Waals surface area contributed by atoms with Crippen molar-refractivity contribution in [2.75, 3.05) is 0 Å². The molecule has 0 aliphatic rings. The minimum absolute atomic E-state index is 0.492. The molecule has 0 radical (unpaired) electrons. The Hall–Kier alpha value is -1.88. The van der Waals surface area contributed by atoms with Crippen molar-refractivity contribution in [3.05, 3.63) is 41.6 Å². The van der Waals surface area contributed by atoms with Gasteiger partial charge in [-0.1, -0.05) is 31.5 Å². The number of nitrogens with zero attached hydrogens (tertiary/aromatic N) is 2. The van der Waals surface area contributed by atoms with Crippen LogP contribution in [0.2, 0.25) is 0 Å². The summed E-state index contributed by atoms with van der Waals surface area (Å²) in [5.41, 5.74) is 2.69. The van der Waals surface area contributed by atoms with Gasteiger partial charge >= 0.3 is 0 Å². The van der Waals surface area contributed by atoms with E-state index in [9.17, 15) is 0 Å². The van der Waals surface area contributed by atoms with Crippen LogP contribution in [0.15, 0.2) is 30.3 Å². The number of rotatable bonds is 2. The minimum atomic E-state index is 0.492. The molecular formula is C13H12N2. The SMILES string of the molecule is CCCc1cccc2ccc(C#N)nc12. The highest BCUT2D eigenvalue weighted by Crippen LogP contribution is 2.18. The number of hydrogen-bond donors (Lipinski definition) is 0. The molecule has 1 aromatic carbocycles. The van der Waals surface area contributed by atoms with Crippen molar-refractivity contribution < 1.29 is 0 Å². The molecule has 0 N–H and O–H groups in total. The molecule has 0 amide bonds. The molecule has 0 fully saturated rings. The summed E-state index contributed by atoms with van der Waals surface area (Å²) < 4.78 is 0. The molecule has 0 unspecified atom stereocenters. The minimum Gasteiger partial charge on any atom is -0.237 e. The quantitative estimate of drug-likeness (QED) is 0.740. The number of pyridine rings is 1. The summed E-state index contributed by atoms with van der Waals surface area (Å²) in [6.45, 7) is 2.15. The maximum absolute atomic E-state index is 8.81. The van der Waals surface area contributed by atoms with E-state index in [1.54, 1.807) is 6.07 Å². The third-order valence-electron chi connectivity index (χ3n) is 2.44. The maximum Gasteiger partial charge on any atom is 0.141 e. The van der Waals surface area contributed by atoms with Crippen LogP contribution in [0.4, 0.5) is 0 Å². The summed E-state index contributed by atoms with van der Waals surface area (Å²) in [5, 5.41) is 9.92. The van der Waals surface area contributed by atoms with E-state index in [0.29, 0.717) is 5.69 Å². The van der Waals surface area contributed by atoms with Crippen LogP contribution in [-0.2, 0) is 6.42 Å². The molecule has 0 spiro atoms. The van der Waals surface area contributed by atoms with Crippen LogP contribution in [0.1, 0.15) is 24.6 Å². The normalized spacial score (nSPS) is 10.1. The van der Waals surface area contributed by atoms with Crippen molar-refractivity contribution in [1.29, 1.82) is 5.26 Å². The van der Waals surface area contributed by atoms with E-state index in [-0.39, 0.29) is 0 Å². The molecule has 0 atom stereocenters. The van der Waals surface area contributed by atoms with E-state index in [0.717, 1.165) is 23.7 Å². The predicted molar refractivity (Wildman–Crippen MR) is 60.5 cm³/mol. The van der Waals surface area contributed by atoms with Crippen LogP contribution in [0, 0.1) is 11.3 Å². The lowest BCUT2D eigenvalue weighted by Gasteiger charge is -2.04. The van der Waals surface area contributed by atoms with E-state index < -0.39 is 0 Å². The molecule has 0 bridgehead atoms. The zero-order chi connectivity index (χ0) is 10.7. The molecule has 0 aliphatic carbocycles. The van der Waals surface area contributed by atoms with E-state index in [1.807, 2.05) is 18.2 Å². The van der Waals surface area contributed by atoms with Gasteiger partial charge < -0.3 is 0 Å². The monoisotopic (exact) mass is 196 g/mol. The van der Waals surface area contributed by atoms with Crippen molar-refractivity contribution in [3.63, 3.8) is 0 Å². The third-order valence-corrected chi connectivity index (χ3v) is 2.44. The second-order valence-corrected chi connectivity index (χ2v) is 3.55. The Balaban J connectivity index is 2.66. The van der Waals surface area contributed by atoms with Crippen LogP contribution in [-0.4, -0.2) is 4.98 Å². The number of benzene rings is 1. The van der Waals surface area contributed by atoms with Crippen LogP contribution in [0.3, 0.4) is 0 Å². The molecule has 1 heterocycles. The molecule has 1 aromatic heterocycles. The first kappa shape index (κ1) is 9.67. The summed E-state index contributed by atoms with van der Waals surface area (Å²) in [7, 11) is 0. The smallest absolute Gasteiger partial charge is 0.141 e. The molecular weight excluding hydrogens is 184 g/mol. The van der Waals surface area contributed by atoms with Gasteiger partial charge in [0.05, 0.1) is 5.52 Å². The molecule has 0 saturated carbocycles. The zero-order valence-corrected chi connectivity index (χ0v) is 8.70. The molecule has 2 rings (SSSR count). The number of fused-ring (bicyclic) bond motifs is 1. The summed E-state index contributed by atoms with van der Waals surface area (Å²) in [4.78, 5) is 4.35. The summed E-state index contributed by atoms with van der Waals surface area (Å²) in [5.74, 6) is 0. The first-order valence-corrected chi connectivity index (χ1v) is 5.14. The largest absolute Gasteiger partial charge is 0.237 e. The predicted octanol–water partition coefficient (Wildman–Crippen LogP) is 3.06. The van der Waals surface area contributed by atoms with E-state index in [2.05, 4.69) is 24.0 Å². The number of aryl methyl sites for hydroxylation is 1. The van der Waals surface area contributed by atoms with Gasteiger partial charge in [-0.15, -0.1) is 0 Å². The highest BCUT2D eigenvalue weighted by molar-refractivity contribution is 5.82. The standard InChI is InChI=1S/C13H12N2/c1-2-4-10-5-3-6-11-7-8-12(9-14)15-13(10)11/h3,5-8H,2,4H2,1H3. The molecule has 2 heteroatoms. The number of hydrogen-bond acceptors (Lipinski definition) is 2. The third kappa shape index (κ3) is 1.82. The van der Waals surface area contributed by atoms with Gasteiger partial charge in [0.25, 0.3) is 0 Å². The average Bonchev–Trinajstić information content (AvgIpc) is 2.29. The fraction of sp³-hybridized carbons (Fsp3) is 0.231. The average molecular weight is 196 g/mol. The van der Waals surface area contributed by atoms with Gasteiger partial charge in [0.2, 0.25) is 0 Å². The molecule has 0 saturated heterocycles. The maximum atomic E-state index is 8.81. The molecule has 2 nitrogen and oxygen atoms in total. The van der Waals surface area contributed by atoms with Crippen LogP contribution >= 0.6 is 0 Å². The molecule has 0 aliphatic heterocycles. The summed E-state index contributed by atoms with van der Waals surface area (Å²) in [6, 6.07) is 12.0. The van der Waals surface area contributed by atoms with Crippen LogP contribution in [0.25, 0.3) is 10.9 Å². The molecule has 74 valence electrons. The lowest BCUT2D eigenvalue weighted by Crippen LogP contribution is -1.91. The highest BCUT2D eigenvalue weighted by atomic mass is 14.7. The fourth-order valence-corrected chi connectivity index (χ4v) is 1.74. The Morgan fingerprint density at radius 2 is 2.13 bits per heavy atom. The lowest BCUT2D eigenvalue weighted by atomic mass is 10.1. The summed E-state index contributed by atoms with van der Waals surface area (Å²) >= 11 is 0. The van der Waals surface area contributed by atoms with Crippen LogP contribution in [0.5, 0.6) is 0 Å². The molecule has 2 aromatic rings. The van der Waals surface area contributed by atoms with Crippen LogP contribution < -0.4 is 0 Å². The van der Waals surface area contributed by atoms with E-state index >= 15 is 0 Å². The first-order valence-electron chi connectivity index (χ1n) is 5.14. The van der Waals surface area contributed by atoms with Gasteiger partial charge in [-0.2, -0.15) is 5.26 Å². The second kappa shape index (κ2) is 4.10. The number of para-hydroxylation sites is 1. The Labute approximate surface area is 89.2 Å². The first-order chi connectivity index (χ1) is 7.35. The Morgan fingerprint density at radius 1 is 1.27 bits per heavy atom. The second-order valence-electron chi connectivity index (χ2n) is 3.55. The summed E-state index contributed by atoms with van der Waals surface area (Å²) in [6.07, 6.45) is 2.11. The van der Waals surface area contributed by atoms with Gasteiger partial charge in [0.15, 0.2) is 0 Å². The van der Waals surface area contributed by atoms with Gasteiger partial charge in [0, 0.05) is 5.39 Å². The van der Waals surface area contributed by atoms with E-state index in [1.165, 1.54) is 5.56 Å². The fourth-order valence-electron chi connectivity index (χ4n) is 1.74. The van der Waals surface area contributed by atoms with Gasteiger partial charge in [-0.3, -0.25) is 0 Å². The number of nitriles is 1. The van der Waals surface area contributed by atoms with Crippen molar-refractivity contribution in [3.8, 4) is 6.07 Å². The van der Waals surface area contributed by atoms with E-state index in [4.69, 9.17) is 5.26 Å². The van der Waals surface area contributed by atoms with Crippen molar-refractivity contribution in [2.45, 2.75) is 19.8 Å². The van der Waals surface area contributed by atoms with Crippen molar-refractivity contribution >= 4 is 10.9 Å². The molecule has 15 heavy (non-hydrogen) atoms. The Bertz CT molecular complexity index is 524. The number of aromatic nitrogens is 1. The van der Waals surface area contributed by atoms with Crippen molar-refractivity contribution in [1.82, 2.24) is 4.98 Å².